The molecule has 0 fully saturated rings. The van der Waals surface area contributed by atoms with E-state index in [1.807, 2.05) is 4.57 Å². The molecule has 0 saturated carbocycles. The van der Waals surface area contributed by atoms with Crippen molar-refractivity contribution >= 4 is 11.9 Å². The van der Waals surface area contributed by atoms with E-state index in [1.54, 1.807) is 19.4 Å². The Bertz CT molecular complexity index is 281. The van der Waals surface area contributed by atoms with Crippen LogP contribution < -0.4 is 11.1 Å². The third kappa shape index (κ3) is 2.77. The predicted molar refractivity (Wildman–Crippen MR) is 49.9 cm³/mol. The van der Waals surface area contributed by atoms with E-state index in [0.717, 1.165) is 13.0 Å². The van der Waals surface area contributed by atoms with Crippen LogP contribution in [0, 0.1) is 0 Å². The van der Waals surface area contributed by atoms with Gasteiger partial charge >= 0.3 is 0 Å². The molecule has 1 aromatic heterocycles. The molecule has 0 bridgehead atoms. The molecule has 72 valence electrons. The van der Waals surface area contributed by atoms with Crippen LogP contribution in [0.25, 0.3) is 0 Å². The lowest BCUT2D eigenvalue weighted by molar-refractivity contribution is -0.120. The van der Waals surface area contributed by atoms with Crippen molar-refractivity contribution in [2.24, 2.45) is 0 Å². The zero-order valence-corrected chi connectivity index (χ0v) is 7.66. The first-order chi connectivity index (χ1) is 6.24. The number of anilines is 1. The first kappa shape index (κ1) is 9.57. The van der Waals surface area contributed by atoms with Crippen molar-refractivity contribution in [3.05, 3.63) is 12.4 Å². The lowest BCUT2D eigenvalue weighted by Crippen LogP contribution is -2.17. The summed E-state index contributed by atoms with van der Waals surface area (Å²) in [5.41, 5.74) is 5.54. The lowest BCUT2D eigenvalue weighted by atomic mass is 10.3. The monoisotopic (exact) mass is 182 g/mol. The Morgan fingerprint density at radius 3 is 3.08 bits per heavy atom. The SMILES string of the molecule is CNC(=O)CCCn1ccnc1N. The highest BCUT2D eigenvalue weighted by atomic mass is 16.1. The molecule has 1 amide bonds. The molecule has 3 N–H and O–H groups in total. The van der Waals surface area contributed by atoms with Crippen LogP contribution in [0.2, 0.25) is 0 Å². The summed E-state index contributed by atoms with van der Waals surface area (Å²) >= 11 is 0. The fourth-order valence-electron chi connectivity index (χ4n) is 1.06. The Hall–Kier alpha value is -1.52. The van der Waals surface area contributed by atoms with Crippen molar-refractivity contribution in [1.29, 1.82) is 0 Å². The summed E-state index contributed by atoms with van der Waals surface area (Å²) in [6, 6.07) is 0. The van der Waals surface area contributed by atoms with Gasteiger partial charge in [0, 0.05) is 32.4 Å². The van der Waals surface area contributed by atoms with E-state index in [0.29, 0.717) is 12.4 Å². The highest BCUT2D eigenvalue weighted by Crippen LogP contribution is 2.01. The molecule has 0 aliphatic carbocycles. The molecule has 1 aromatic rings. The fraction of sp³-hybridized carbons (Fsp3) is 0.500. The first-order valence-corrected chi connectivity index (χ1v) is 4.21. The molecule has 0 saturated heterocycles. The quantitative estimate of drug-likeness (QED) is 0.688. The summed E-state index contributed by atoms with van der Waals surface area (Å²) in [4.78, 5) is 14.7. The molecule has 1 heterocycles. The van der Waals surface area contributed by atoms with Gasteiger partial charge < -0.3 is 15.6 Å². The molecule has 13 heavy (non-hydrogen) atoms. The van der Waals surface area contributed by atoms with Crippen LogP contribution in [0.4, 0.5) is 5.95 Å². The number of aromatic nitrogens is 2. The van der Waals surface area contributed by atoms with Crippen LogP contribution in [0.1, 0.15) is 12.8 Å². The van der Waals surface area contributed by atoms with Crippen LogP contribution >= 0.6 is 0 Å². The standard InChI is InChI=1S/C8H14N4O/c1-10-7(13)3-2-5-12-6-4-11-8(12)9/h4,6H,2-3,5H2,1H3,(H2,9,11)(H,10,13). The van der Waals surface area contributed by atoms with Gasteiger partial charge in [0.2, 0.25) is 5.91 Å². The molecule has 0 unspecified atom stereocenters. The van der Waals surface area contributed by atoms with E-state index in [2.05, 4.69) is 10.3 Å². The highest BCUT2D eigenvalue weighted by Gasteiger charge is 2.00. The topological polar surface area (TPSA) is 72.9 Å². The molecule has 1 rings (SSSR count). The minimum absolute atomic E-state index is 0.0543. The van der Waals surface area contributed by atoms with Crippen molar-refractivity contribution in [3.8, 4) is 0 Å². The highest BCUT2D eigenvalue weighted by molar-refractivity contribution is 5.75. The number of imidazole rings is 1. The summed E-state index contributed by atoms with van der Waals surface area (Å²) in [7, 11) is 1.63. The Kier molecular flexibility index (Phi) is 3.31. The summed E-state index contributed by atoms with van der Waals surface area (Å²) in [5.74, 6) is 0.551. The van der Waals surface area contributed by atoms with Gasteiger partial charge in [-0.05, 0) is 6.42 Å². The van der Waals surface area contributed by atoms with E-state index < -0.39 is 0 Å². The van der Waals surface area contributed by atoms with Gasteiger partial charge in [-0.2, -0.15) is 0 Å². The van der Waals surface area contributed by atoms with E-state index in [-0.39, 0.29) is 5.91 Å². The number of nitrogen functional groups attached to an aromatic ring is 1. The Morgan fingerprint density at radius 1 is 1.77 bits per heavy atom. The fourth-order valence-corrected chi connectivity index (χ4v) is 1.06. The van der Waals surface area contributed by atoms with E-state index in [4.69, 9.17) is 5.73 Å². The number of hydrogen-bond acceptors (Lipinski definition) is 3. The number of amides is 1. The van der Waals surface area contributed by atoms with Crippen LogP contribution in [0.3, 0.4) is 0 Å². The third-order valence-corrected chi connectivity index (χ3v) is 1.83. The van der Waals surface area contributed by atoms with Crippen molar-refractivity contribution in [2.45, 2.75) is 19.4 Å². The maximum Gasteiger partial charge on any atom is 0.219 e. The lowest BCUT2D eigenvalue weighted by Gasteiger charge is -2.03. The zero-order chi connectivity index (χ0) is 9.68. The van der Waals surface area contributed by atoms with Crippen molar-refractivity contribution in [2.75, 3.05) is 12.8 Å². The number of carbonyl (C=O) groups excluding carboxylic acids is 1. The number of nitrogens with one attached hydrogen (secondary N) is 1. The normalized spacial score (nSPS) is 9.92. The number of rotatable bonds is 4. The van der Waals surface area contributed by atoms with Crippen LogP contribution in [-0.2, 0) is 11.3 Å². The molecule has 5 nitrogen and oxygen atoms in total. The van der Waals surface area contributed by atoms with E-state index in [9.17, 15) is 4.79 Å². The van der Waals surface area contributed by atoms with E-state index >= 15 is 0 Å². The summed E-state index contributed by atoms with van der Waals surface area (Å²) < 4.78 is 1.82. The number of hydrogen-bond donors (Lipinski definition) is 2. The van der Waals surface area contributed by atoms with Crippen LogP contribution in [0.5, 0.6) is 0 Å². The van der Waals surface area contributed by atoms with Gasteiger partial charge in [0.15, 0.2) is 5.95 Å². The summed E-state index contributed by atoms with van der Waals surface area (Å²) in [5, 5.41) is 2.56. The second kappa shape index (κ2) is 4.49. The van der Waals surface area contributed by atoms with Crippen molar-refractivity contribution < 1.29 is 4.79 Å². The number of aryl methyl sites for hydroxylation is 1. The largest absolute Gasteiger partial charge is 0.369 e. The molecule has 0 aliphatic heterocycles. The molecule has 0 radical (unpaired) electrons. The molecular formula is C8H14N4O. The molecular weight excluding hydrogens is 168 g/mol. The van der Waals surface area contributed by atoms with Gasteiger partial charge in [-0.1, -0.05) is 0 Å². The van der Waals surface area contributed by atoms with Gasteiger partial charge in [0.1, 0.15) is 0 Å². The minimum atomic E-state index is 0.0543. The Balaban J connectivity index is 2.28. The Morgan fingerprint density at radius 2 is 2.54 bits per heavy atom. The smallest absolute Gasteiger partial charge is 0.219 e. The number of nitrogens with zero attached hydrogens (tertiary/aromatic N) is 2. The molecule has 0 aliphatic rings. The summed E-state index contributed by atoms with van der Waals surface area (Å²) in [6.07, 6.45) is 4.75. The van der Waals surface area contributed by atoms with Crippen molar-refractivity contribution in [3.63, 3.8) is 0 Å². The van der Waals surface area contributed by atoms with Gasteiger partial charge in [-0.15, -0.1) is 0 Å². The van der Waals surface area contributed by atoms with Gasteiger partial charge in [0.05, 0.1) is 0 Å². The van der Waals surface area contributed by atoms with E-state index in [1.165, 1.54) is 0 Å². The van der Waals surface area contributed by atoms with Gasteiger partial charge in [-0.25, -0.2) is 4.98 Å². The Labute approximate surface area is 76.9 Å². The third-order valence-electron chi connectivity index (χ3n) is 1.83. The van der Waals surface area contributed by atoms with Crippen molar-refractivity contribution in [1.82, 2.24) is 14.9 Å². The molecule has 0 aromatic carbocycles. The minimum Gasteiger partial charge on any atom is -0.369 e. The second-order valence-corrected chi connectivity index (χ2v) is 2.76. The van der Waals surface area contributed by atoms with Gasteiger partial charge in [0.25, 0.3) is 0 Å². The van der Waals surface area contributed by atoms with Crippen LogP contribution in [-0.4, -0.2) is 22.5 Å². The average Bonchev–Trinajstić information content (AvgIpc) is 2.52. The summed E-state index contributed by atoms with van der Waals surface area (Å²) in [6.45, 7) is 0.735. The maximum atomic E-state index is 10.9. The molecule has 0 spiro atoms. The van der Waals surface area contributed by atoms with Gasteiger partial charge in [-0.3, -0.25) is 4.79 Å². The molecule has 0 atom stereocenters. The molecule has 5 heteroatoms. The second-order valence-electron chi connectivity index (χ2n) is 2.76. The predicted octanol–water partition coefficient (Wildman–Crippen LogP) is -0.00850. The number of nitrogens with two attached hydrogens (primary N) is 1. The average molecular weight is 182 g/mol. The first-order valence-electron chi connectivity index (χ1n) is 4.21. The number of carbonyl (C=O) groups is 1. The maximum absolute atomic E-state index is 10.9. The zero-order valence-electron chi connectivity index (χ0n) is 7.66. The van der Waals surface area contributed by atoms with Crippen LogP contribution in [0.15, 0.2) is 12.4 Å².